The van der Waals surface area contributed by atoms with Crippen molar-refractivity contribution < 1.29 is 4.42 Å². The highest BCUT2D eigenvalue weighted by Crippen LogP contribution is 2.40. The molecule has 5 heteroatoms. The number of nitrogen functional groups attached to an aromatic ring is 1. The van der Waals surface area contributed by atoms with Crippen molar-refractivity contribution in [3.8, 4) is 22.4 Å². The molecule has 0 saturated carbocycles. The van der Waals surface area contributed by atoms with Crippen LogP contribution >= 0.6 is 15.9 Å². The molecule has 0 spiro atoms. The molecule has 2 aromatic heterocycles. The van der Waals surface area contributed by atoms with Crippen LogP contribution in [0.5, 0.6) is 0 Å². The number of benzene rings is 1. The molecule has 2 heterocycles. The first kappa shape index (κ1) is 13.9. The van der Waals surface area contributed by atoms with Crippen molar-refractivity contribution in [2.24, 2.45) is 7.05 Å². The van der Waals surface area contributed by atoms with Gasteiger partial charge >= 0.3 is 0 Å². The zero-order valence-electron chi connectivity index (χ0n) is 11.9. The van der Waals surface area contributed by atoms with Gasteiger partial charge in [0.2, 0.25) is 0 Å². The molecular weight excluding hydrogens is 330 g/mol. The summed E-state index contributed by atoms with van der Waals surface area (Å²) in [5.41, 5.74) is 10.1. The fraction of sp³-hybridized carbons (Fsp3) is 0.188. The highest BCUT2D eigenvalue weighted by molar-refractivity contribution is 9.10. The first-order chi connectivity index (χ1) is 10.1. The first-order valence-corrected chi connectivity index (χ1v) is 7.56. The third-order valence-corrected chi connectivity index (χ3v) is 4.25. The standard InChI is InChI=1S/C16H16BrN3O/c1-3-13-11(8-9-21-13)15-14(16(18)20(2)19-15)10-6-4-5-7-12(10)17/h4-9H,3,18H2,1-2H3. The number of halogens is 1. The van der Waals surface area contributed by atoms with E-state index in [4.69, 9.17) is 10.2 Å². The van der Waals surface area contributed by atoms with Crippen LogP contribution in [0.25, 0.3) is 22.4 Å². The molecular formula is C16H16BrN3O. The number of aromatic nitrogens is 2. The van der Waals surface area contributed by atoms with Crippen LogP contribution in [-0.4, -0.2) is 9.78 Å². The fourth-order valence-electron chi connectivity index (χ4n) is 2.48. The Hall–Kier alpha value is -2.01. The van der Waals surface area contributed by atoms with Gasteiger partial charge in [-0.15, -0.1) is 0 Å². The number of hydrogen-bond donors (Lipinski definition) is 1. The highest BCUT2D eigenvalue weighted by atomic mass is 79.9. The maximum atomic E-state index is 6.25. The number of anilines is 1. The van der Waals surface area contributed by atoms with Crippen LogP contribution in [-0.2, 0) is 13.5 Å². The third kappa shape index (κ3) is 2.27. The number of furan rings is 1. The van der Waals surface area contributed by atoms with E-state index in [-0.39, 0.29) is 0 Å². The quantitative estimate of drug-likeness (QED) is 0.771. The van der Waals surface area contributed by atoms with Crippen molar-refractivity contribution >= 4 is 21.7 Å². The Morgan fingerprint density at radius 1 is 1.24 bits per heavy atom. The van der Waals surface area contributed by atoms with E-state index in [9.17, 15) is 0 Å². The van der Waals surface area contributed by atoms with Crippen molar-refractivity contribution in [1.82, 2.24) is 9.78 Å². The topological polar surface area (TPSA) is 57.0 Å². The second-order valence-electron chi connectivity index (χ2n) is 4.82. The molecule has 0 saturated heterocycles. The van der Waals surface area contributed by atoms with Gasteiger partial charge in [-0.2, -0.15) is 5.10 Å². The highest BCUT2D eigenvalue weighted by Gasteiger charge is 2.21. The van der Waals surface area contributed by atoms with Crippen LogP contribution in [0.4, 0.5) is 5.82 Å². The molecule has 0 aliphatic rings. The maximum absolute atomic E-state index is 6.25. The maximum Gasteiger partial charge on any atom is 0.129 e. The van der Waals surface area contributed by atoms with Gasteiger partial charge in [-0.1, -0.05) is 41.1 Å². The lowest BCUT2D eigenvalue weighted by Gasteiger charge is -2.06. The Balaban J connectivity index is 2.29. The first-order valence-electron chi connectivity index (χ1n) is 6.77. The smallest absolute Gasteiger partial charge is 0.129 e. The monoisotopic (exact) mass is 345 g/mol. The summed E-state index contributed by atoms with van der Waals surface area (Å²) >= 11 is 3.59. The van der Waals surface area contributed by atoms with Crippen LogP contribution in [0, 0.1) is 0 Å². The molecule has 3 rings (SSSR count). The van der Waals surface area contributed by atoms with Gasteiger partial charge in [0.15, 0.2) is 0 Å². The lowest BCUT2D eigenvalue weighted by molar-refractivity contribution is 0.517. The van der Waals surface area contributed by atoms with E-state index in [1.165, 1.54) is 0 Å². The summed E-state index contributed by atoms with van der Waals surface area (Å²) < 4.78 is 8.23. The predicted molar refractivity (Wildman–Crippen MR) is 87.8 cm³/mol. The normalized spacial score (nSPS) is 11.0. The Morgan fingerprint density at radius 3 is 2.71 bits per heavy atom. The minimum atomic E-state index is 0.639. The fourth-order valence-corrected chi connectivity index (χ4v) is 2.96. The van der Waals surface area contributed by atoms with E-state index in [1.54, 1.807) is 10.9 Å². The second-order valence-corrected chi connectivity index (χ2v) is 5.68. The average Bonchev–Trinajstić information content (AvgIpc) is 3.05. The zero-order chi connectivity index (χ0) is 15.0. The molecule has 0 fully saturated rings. The van der Waals surface area contributed by atoms with Crippen LogP contribution in [0.1, 0.15) is 12.7 Å². The molecule has 21 heavy (non-hydrogen) atoms. The molecule has 1 aromatic carbocycles. The van der Waals surface area contributed by atoms with Crippen LogP contribution in [0.15, 0.2) is 45.5 Å². The van der Waals surface area contributed by atoms with Gasteiger partial charge in [0.25, 0.3) is 0 Å². The number of aryl methyl sites for hydroxylation is 2. The molecule has 2 N–H and O–H groups in total. The minimum Gasteiger partial charge on any atom is -0.469 e. The summed E-state index contributed by atoms with van der Waals surface area (Å²) in [6, 6.07) is 9.96. The van der Waals surface area contributed by atoms with Crippen molar-refractivity contribution in [2.75, 3.05) is 5.73 Å². The summed E-state index contributed by atoms with van der Waals surface area (Å²) in [5.74, 6) is 1.56. The summed E-state index contributed by atoms with van der Waals surface area (Å²) in [6.07, 6.45) is 2.51. The van der Waals surface area contributed by atoms with Crippen molar-refractivity contribution in [3.05, 3.63) is 46.8 Å². The average molecular weight is 346 g/mol. The summed E-state index contributed by atoms with van der Waals surface area (Å²) in [5, 5.41) is 4.59. The third-order valence-electron chi connectivity index (χ3n) is 3.56. The summed E-state index contributed by atoms with van der Waals surface area (Å²) in [7, 11) is 1.85. The number of nitrogens with zero attached hydrogens (tertiary/aromatic N) is 2. The molecule has 4 nitrogen and oxygen atoms in total. The van der Waals surface area contributed by atoms with Gasteiger partial charge < -0.3 is 10.2 Å². The van der Waals surface area contributed by atoms with Crippen LogP contribution in [0.2, 0.25) is 0 Å². The van der Waals surface area contributed by atoms with Crippen LogP contribution in [0.3, 0.4) is 0 Å². The molecule has 0 atom stereocenters. The van der Waals surface area contributed by atoms with Gasteiger partial charge in [0.05, 0.1) is 11.8 Å². The molecule has 0 aliphatic carbocycles. The van der Waals surface area contributed by atoms with E-state index < -0.39 is 0 Å². The minimum absolute atomic E-state index is 0.639. The molecule has 0 radical (unpaired) electrons. The Labute approximate surface area is 131 Å². The van der Waals surface area contributed by atoms with E-state index in [0.717, 1.165) is 39.0 Å². The van der Waals surface area contributed by atoms with Gasteiger partial charge in [-0.05, 0) is 12.1 Å². The van der Waals surface area contributed by atoms with Crippen molar-refractivity contribution in [3.63, 3.8) is 0 Å². The van der Waals surface area contributed by atoms with E-state index >= 15 is 0 Å². The molecule has 0 amide bonds. The largest absolute Gasteiger partial charge is 0.469 e. The Bertz CT molecular complexity index is 789. The molecule has 3 aromatic rings. The number of hydrogen-bond acceptors (Lipinski definition) is 3. The summed E-state index contributed by atoms with van der Waals surface area (Å²) in [4.78, 5) is 0. The predicted octanol–water partition coefficient (Wildman–Crippen LogP) is 4.25. The Kier molecular flexibility index (Phi) is 3.59. The second kappa shape index (κ2) is 5.41. The van der Waals surface area contributed by atoms with Gasteiger partial charge in [-0.3, -0.25) is 4.68 Å². The van der Waals surface area contributed by atoms with Gasteiger partial charge in [0.1, 0.15) is 17.3 Å². The van der Waals surface area contributed by atoms with Crippen molar-refractivity contribution in [2.45, 2.75) is 13.3 Å². The van der Waals surface area contributed by atoms with E-state index in [0.29, 0.717) is 5.82 Å². The lowest BCUT2D eigenvalue weighted by Crippen LogP contribution is -1.98. The SMILES string of the molecule is CCc1occc1-c1nn(C)c(N)c1-c1ccccc1Br. The lowest BCUT2D eigenvalue weighted by atomic mass is 10.0. The van der Waals surface area contributed by atoms with Crippen LogP contribution < -0.4 is 5.73 Å². The number of rotatable bonds is 3. The molecule has 0 unspecified atom stereocenters. The van der Waals surface area contributed by atoms with E-state index in [1.807, 2.05) is 37.4 Å². The number of nitrogens with two attached hydrogens (primary N) is 1. The summed E-state index contributed by atoms with van der Waals surface area (Å²) in [6.45, 7) is 2.06. The zero-order valence-corrected chi connectivity index (χ0v) is 13.5. The molecule has 0 aliphatic heterocycles. The van der Waals surface area contributed by atoms with E-state index in [2.05, 4.69) is 28.0 Å². The van der Waals surface area contributed by atoms with Gasteiger partial charge in [-0.25, -0.2) is 0 Å². The molecule has 108 valence electrons. The molecule has 0 bridgehead atoms. The van der Waals surface area contributed by atoms with Gasteiger partial charge in [0, 0.05) is 29.1 Å². The Morgan fingerprint density at radius 2 is 2.00 bits per heavy atom. The van der Waals surface area contributed by atoms with Crippen molar-refractivity contribution in [1.29, 1.82) is 0 Å².